The van der Waals surface area contributed by atoms with Crippen molar-refractivity contribution in [3.05, 3.63) is 77.3 Å². The summed E-state index contributed by atoms with van der Waals surface area (Å²) in [4.78, 5) is -0.542. The van der Waals surface area contributed by atoms with Crippen molar-refractivity contribution in [2.24, 2.45) is 0 Å². The second-order valence-electron chi connectivity index (χ2n) is 7.15. The summed E-state index contributed by atoms with van der Waals surface area (Å²) in [5.41, 5.74) is -1.03. The molecule has 174 valence electrons. The van der Waals surface area contributed by atoms with E-state index >= 15 is 0 Å². The van der Waals surface area contributed by atoms with Gasteiger partial charge in [-0.05, 0) is 42.5 Å². The number of anilines is 1. The van der Waals surface area contributed by atoms with Crippen LogP contribution in [0.25, 0.3) is 0 Å². The standard InChI is InChI=1S/C22H17ClF3NO5S/c23-18-6-1-2-7-20(18)31-15-8-9-21-19(11-15)27(12-16(13-28)32-21)33(29,30)17-5-3-4-14(10-17)22(24,25)26/h1-11,16,28H,12-13H2. The number of ether oxygens (including phenoxy) is 2. The Bertz CT molecular complexity index is 1280. The largest absolute Gasteiger partial charge is 0.484 e. The average Bonchev–Trinajstić information content (AvgIpc) is 2.79. The van der Waals surface area contributed by atoms with Gasteiger partial charge in [0.25, 0.3) is 10.0 Å². The lowest BCUT2D eigenvalue weighted by molar-refractivity contribution is -0.137. The fourth-order valence-electron chi connectivity index (χ4n) is 3.29. The first-order chi connectivity index (χ1) is 15.6. The zero-order valence-electron chi connectivity index (χ0n) is 16.8. The molecular formula is C22H17ClF3NO5S. The number of rotatable bonds is 5. The molecule has 1 heterocycles. The molecule has 0 bridgehead atoms. The summed E-state index contributed by atoms with van der Waals surface area (Å²) in [7, 11) is -4.44. The molecule has 3 aromatic rings. The van der Waals surface area contributed by atoms with Gasteiger partial charge in [-0.25, -0.2) is 8.42 Å². The van der Waals surface area contributed by atoms with Crippen LogP contribution in [0, 0.1) is 0 Å². The summed E-state index contributed by atoms with van der Waals surface area (Å²) in [6, 6.07) is 14.5. The Hall–Kier alpha value is -2.95. The quantitative estimate of drug-likeness (QED) is 0.528. The van der Waals surface area contributed by atoms with Crippen molar-refractivity contribution >= 4 is 27.3 Å². The van der Waals surface area contributed by atoms with Crippen LogP contribution in [-0.4, -0.2) is 32.8 Å². The molecule has 0 spiro atoms. The minimum absolute atomic E-state index is 0.0571. The van der Waals surface area contributed by atoms with E-state index in [0.29, 0.717) is 16.8 Å². The normalized spacial score (nSPS) is 16.2. The van der Waals surface area contributed by atoms with E-state index in [1.807, 2.05) is 0 Å². The predicted octanol–water partition coefficient (Wildman–Crippen LogP) is 5.10. The monoisotopic (exact) mass is 499 g/mol. The topological polar surface area (TPSA) is 76.1 Å². The van der Waals surface area contributed by atoms with Gasteiger partial charge in [0, 0.05) is 6.07 Å². The number of sulfonamides is 1. The number of nitrogens with zero attached hydrogens (tertiary/aromatic N) is 1. The van der Waals surface area contributed by atoms with Crippen LogP contribution in [-0.2, 0) is 16.2 Å². The molecule has 0 saturated heterocycles. The molecule has 1 aliphatic rings. The molecule has 1 aliphatic heterocycles. The lowest BCUT2D eigenvalue weighted by Gasteiger charge is -2.35. The highest BCUT2D eigenvalue weighted by Crippen LogP contribution is 2.41. The zero-order valence-corrected chi connectivity index (χ0v) is 18.4. The van der Waals surface area contributed by atoms with E-state index < -0.39 is 39.4 Å². The minimum Gasteiger partial charge on any atom is -0.484 e. The summed E-state index contributed by atoms with van der Waals surface area (Å²) in [5, 5.41) is 9.90. The second kappa shape index (κ2) is 8.77. The summed E-state index contributed by atoms with van der Waals surface area (Å²) in [5.74, 6) is 0.691. The van der Waals surface area contributed by atoms with Crippen LogP contribution in [0.1, 0.15) is 5.56 Å². The fourth-order valence-corrected chi connectivity index (χ4v) is 5.01. The van der Waals surface area contributed by atoms with Crippen LogP contribution in [0.5, 0.6) is 17.2 Å². The maximum absolute atomic E-state index is 13.4. The Morgan fingerprint density at radius 1 is 1.09 bits per heavy atom. The van der Waals surface area contributed by atoms with Gasteiger partial charge in [-0.15, -0.1) is 0 Å². The van der Waals surface area contributed by atoms with Gasteiger partial charge in [0.2, 0.25) is 0 Å². The molecule has 1 unspecified atom stereocenters. The highest BCUT2D eigenvalue weighted by atomic mass is 35.5. The van der Waals surface area contributed by atoms with Gasteiger partial charge in [-0.2, -0.15) is 13.2 Å². The van der Waals surface area contributed by atoms with E-state index in [2.05, 4.69) is 0 Å². The zero-order chi connectivity index (χ0) is 23.8. The lowest BCUT2D eigenvalue weighted by Crippen LogP contribution is -2.45. The Balaban J connectivity index is 1.77. The Morgan fingerprint density at radius 2 is 1.85 bits per heavy atom. The summed E-state index contributed by atoms with van der Waals surface area (Å²) in [6.07, 6.45) is -5.62. The van der Waals surface area contributed by atoms with E-state index in [9.17, 15) is 26.7 Å². The molecule has 33 heavy (non-hydrogen) atoms. The highest BCUT2D eigenvalue weighted by Gasteiger charge is 2.37. The van der Waals surface area contributed by atoms with Crippen molar-refractivity contribution < 1.29 is 36.2 Å². The van der Waals surface area contributed by atoms with E-state index in [0.717, 1.165) is 22.5 Å². The number of fused-ring (bicyclic) bond motifs is 1. The number of halogens is 4. The van der Waals surface area contributed by atoms with Crippen molar-refractivity contribution in [2.45, 2.75) is 17.2 Å². The van der Waals surface area contributed by atoms with Crippen LogP contribution in [0.4, 0.5) is 18.9 Å². The number of aliphatic hydroxyl groups is 1. The van der Waals surface area contributed by atoms with Gasteiger partial charge in [-0.1, -0.05) is 29.8 Å². The molecule has 3 aromatic carbocycles. The fraction of sp³-hybridized carbons (Fsp3) is 0.182. The predicted molar refractivity (Wildman–Crippen MR) is 115 cm³/mol. The molecule has 6 nitrogen and oxygen atoms in total. The molecule has 0 aromatic heterocycles. The van der Waals surface area contributed by atoms with Crippen molar-refractivity contribution in [2.75, 3.05) is 17.5 Å². The van der Waals surface area contributed by atoms with Gasteiger partial charge in [0.15, 0.2) is 0 Å². The molecule has 1 atom stereocenters. The van der Waals surface area contributed by atoms with Crippen molar-refractivity contribution in [1.82, 2.24) is 0 Å². The Labute approximate surface area is 192 Å². The summed E-state index contributed by atoms with van der Waals surface area (Å²) >= 11 is 6.11. The first-order valence-corrected chi connectivity index (χ1v) is 11.5. The molecule has 1 N–H and O–H groups in total. The molecule has 0 amide bonds. The number of para-hydroxylation sites is 1. The van der Waals surface area contributed by atoms with Gasteiger partial charge in [-0.3, -0.25) is 4.31 Å². The second-order valence-corrected chi connectivity index (χ2v) is 9.42. The van der Waals surface area contributed by atoms with Crippen molar-refractivity contribution in [3.63, 3.8) is 0 Å². The van der Waals surface area contributed by atoms with Crippen LogP contribution < -0.4 is 13.8 Å². The lowest BCUT2D eigenvalue weighted by atomic mass is 10.2. The number of hydrogen-bond donors (Lipinski definition) is 1. The van der Waals surface area contributed by atoms with Crippen LogP contribution in [0.3, 0.4) is 0 Å². The molecule has 0 radical (unpaired) electrons. The third-order valence-corrected chi connectivity index (χ3v) is 6.97. The minimum atomic E-state index is -4.71. The van der Waals surface area contributed by atoms with Gasteiger partial charge in [0.05, 0.1) is 34.3 Å². The number of aliphatic hydroxyl groups excluding tert-OH is 1. The van der Waals surface area contributed by atoms with Gasteiger partial charge in [0.1, 0.15) is 23.4 Å². The molecule has 11 heteroatoms. The SMILES string of the molecule is O=S(=O)(c1cccc(C(F)(F)F)c1)N1CC(CO)Oc2ccc(Oc3ccccc3Cl)cc21. The van der Waals surface area contributed by atoms with E-state index in [1.54, 1.807) is 24.3 Å². The van der Waals surface area contributed by atoms with Crippen LogP contribution in [0.2, 0.25) is 5.02 Å². The van der Waals surface area contributed by atoms with Gasteiger partial charge >= 0.3 is 6.18 Å². The van der Waals surface area contributed by atoms with E-state index in [4.69, 9.17) is 21.1 Å². The molecule has 4 rings (SSSR count). The van der Waals surface area contributed by atoms with E-state index in [1.165, 1.54) is 18.2 Å². The molecular weight excluding hydrogens is 483 g/mol. The smallest absolute Gasteiger partial charge is 0.416 e. The molecule has 0 saturated carbocycles. The third kappa shape index (κ3) is 4.73. The summed E-state index contributed by atoms with van der Waals surface area (Å²) in [6.45, 7) is -0.802. The number of alkyl halides is 3. The Kier molecular flexibility index (Phi) is 6.17. The molecule has 0 aliphatic carbocycles. The van der Waals surface area contributed by atoms with Crippen molar-refractivity contribution in [3.8, 4) is 17.2 Å². The van der Waals surface area contributed by atoms with Gasteiger partial charge < -0.3 is 14.6 Å². The highest BCUT2D eigenvalue weighted by molar-refractivity contribution is 7.92. The number of benzene rings is 3. The first-order valence-electron chi connectivity index (χ1n) is 9.63. The molecule has 0 fully saturated rings. The number of hydrogen-bond acceptors (Lipinski definition) is 5. The summed E-state index contributed by atoms with van der Waals surface area (Å²) < 4.78 is 78.5. The maximum atomic E-state index is 13.4. The first kappa shape index (κ1) is 23.2. The maximum Gasteiger partial charge on any atom is 0.416 e. The third-order valence-electron chi connectivity index (χ3n) is 4.88. The van der Waals surface area contributed by atoms with E-state index in [-0.39, 0.29) is 23.7 Å². The average molecular weight is 500 g/mol. The van der Waals surface area contributed by atoms with Crippen molar-refractivity contribution in [1.29, 1.82) is 0 Å². The van der Waals surface area contributed by atoms with Crippen LogP contribution in [0.15, 0.2) is 71.6 Å². The Morgan fingerprint density at radius 3 is 2.55 bits per heavy atom. The van der Waals surface area contributed by atoms with Crippen LogP contribution >= 0.6 is 11.6 Å².